The van der Waals surface area contributed by atoms with Crippen molar-refractivity contribution in [2.75, 3.05) is 27.2 Å². The van der Waals surface area contributed by atoms with E-state index in [4.69, 9.17) is 14.5 Å². The molecule has 0 radical (unpaired) electrons. The smallest absolute Gasteiger partial charge is 0.264 e. The topological polar surface area (TPSA) is 115 Å². The lowest BCUT2D eigenvalue weighted by molar-refractivity contribution is -0.123. The average Bonchev–Trinajstić information content (AvgIpc) is 3.67. The van der Waals surface area contributed by atoms with Crippen molar-refractivity contribution in [1.29, 1.82) is 0 Å². The third-order valence-corrected chi connectivity index (χ3v) is 13.2. The fraction of sp³-hybridized carbons (Fsp3) is 0.550. The summed E-state index contributed by atoms with van der Waals surface area (Å²) in [5.41, 5.74) is 7.12. The van der Waals surface area contributed by atoms with Crippen LogP contribution in [0.15, 0.2) is 46.4 Å². The lowest BCUT2D eigenvalue weighted by atomic mass is 9.81. The molecule has 6 atom stereocenters. The highest BCUT2D eigenvalue weighted by molar-refractivity contribution is 7.81. The van der Waals surface area contributed by atoms with Crippen molar-refractivity contribution in [3.8, 4) is 17.0 Å². The van der Waals surface area contributed by atoms with Crippen LogP contribution in [-0.4, -0.2) is 75.8 Å². The van der Waals surface area contributed by atoms with Crippen molar-refractivity contribution in [3.63, 3.8) is 0 Å². The second-order valence-electron chi connectivity index (χ2n) is 15.5. The monoisotopic (exact) mass is 711 g/mol. The Kier molecular flexibility index (Phi) is 9.03. The van der Waals surface area contributed by atoms with Gasteiger partial charge >= 0.3 is 0 Å². The second-order valence-corrected chi connectivity index (χ2v) is 16.7. The predicted molar refractivity (Wildman–Crippen MR) is 201 cm³/mol. The number of ether oxygens (including phenoxy) is 2. The van der Waals surface area contributed by atoms with E-state index in [0.717, 1.165) is 70.6 Å². The van der Waals surface area contributed by atoms with Crippen LogP contribution in [0.5, 0.6) is 5.75 Å². The molecule has 1 saturated heterocycles. The first-order valence-corrected chi connectivity index (χ1v) is 19.8. The second kappa shape index (κ2) is 13.4. The Morgan fingerprint density at radius 3 is 2.51 bits per heavy atom. The summed E-state index contributed by atoms with van der Waals surface area (Å²) in [6, 6.07) is 12.2. The molecule has 3 aromatic rings. The number of hydrogen-bond donors (Lipinski definition) is 1. The minimum Gasteiger partial charge on any atom is -0.497 e. The van der Waals surface area contributed by atoms with Gasteiger partial charge in [-0.1, -0.05) is 32.3 Å². The Morgan fingerprint density at radius 1 is 1.02 bits per heavy atom. The van der Waals surface area contributed by atoms with Gasteiger partial charge in [-0.15, -0.1) is 0 Å². The molecule has 51 heavy (non-hydrogen) atoms. The lowest BCUT2D eigenvalue weighted by Crippen LogP contribution is -2.50. The molecule has 1 N–H and O–H groups in total. The summed E-state index contributed by atoms with van der Waals surface area (Å²) in [7, 11) is 3.48. The van der Waals surface area contributed by atoms with Crippen molar-refractivity contribution in [2.45, 2.75) is 103 Å². The maximum atomic E-state index is 14.6. The van der Waals surface area contributed by atoms with Gasteiger partial charge < -0.3 is 14.0 Å². The van der Waals surface area contributed by atoms with Gasteiger partial charge in [-0.3, -0.25) is 19.3 Å². The Balaban J connectivity index is 1.25. The van der Waals surface area contributed by atoms with E-state index >= 15 is 0 Å². The molecule has 10 nitrogen and oxygen atoms in total. The number of fused-ring (bicyclic) bond motifs is 7. The molecular formula is C40H49N5O5S. The van der Waals surface area contributed by atoms with Gasteiger partial charge in [0.2, 0.25) is 0 Å². The predicted octanol–water partition coefficient (Wildman–Crippen LogP) is 6.74. The maximum absolute atomic E-state index is 14.6. The highest BCUT2D eigenvalue weighted by Crippen LogP contribution is 2.66. The van der Waals surface area contributed by atoms with Crippen molar-refractivity contribution in [1.82, 2.24) is 13.6 Å². The van der Waals surface area contributed by atoms with Crippen molar-refractivity contribution >= 4 is 45.3 Å². The van der Waals surface area contributed by atoms with E-state index in [1.807, 2.05) is 32.0 Å². The maximum Gasteiger partial charge on any atom is 0.264 e. The number of rotatable bonds is 6. The third-order valence-electron chi connectivity index (χ3n) is 12.1. The number of methoxy groups -OCH3 is 1. The van der Waals surface area contributed by atoms with Crippen LogP contribution in [0.2, 0.25) is 0 Å². The summed E-state index contributed by atoms with van der Waals surface area (Å²) in [6.45, 7) is 7.47. The Hall–Kier alpha value is -3.67. The minimum absolute atomic E-state index is 0.00153. The van der Waals surface area contributed by atoms with E-state index in [0.29, 0.717) is 43.5 Å². The van der Waals surface area contributed by atoms with Gasteiger partial charge in [0.15, 0.2) is 11.2 Å². The number of hydrogen-bond acceptors (Lipinski definition) is 6. The summed E-state index contributed by atoms with van der Waals surface area (Å²) in [5, 5.41) is 1.12. The number of carbonyl (C=O) groups is 2. The lowest BCUT2D eigenvalue weighted by Gasteiger charge is -2.33. The van der Waals surface area contributed by atoms with Gasteiger partial charge in [0, 0.05) is 60.5 Å². The van der Waals surface area contributed by atoms with Crippen molar-refractivity contribution in [2.24, 2.45) is 21.3 Å². The van der Waals surface area contributed by atoms with E-state index in [-0.39, 0.29) is 24.0 Å². The summed E-state index contributed by atoms with van der Waals surface area (Å²) in [6.07, 6.45) is 8.06. The number of nitrogens with zero attached hydrogens (tertiary/aromatic N) is 4. The van der Waals surface area contributed by atoms with Crippen molar-refractivity contribution < 1.29 is 23.3 Å². The number of benzene rings is 2. The fourth-order valence-corrected chi connectivity index (χ4v) is 10.6. The summed E-state index contributed by atoms with van der Waals surface area (Å²) < 4.78 is 31.7. The molecule has 0 spiro atoms. The molecule has 5 aliphatic rings. The zero-order valence-corrected chi connectivity index (χ0v) is 31.2. The molecule has 4 fully saturated rings. The number of morpholine rings is 1. The van der Waals surface area contributed by atoms with E-state index in [1.54, 1.807) is 18.5 Å². The SMILES string of the molecule is CN=C1C(=NC(=O)C23CC2c2cc(OC)ccc2-c2c(C4CCCCC4)c4ccc(C(=O)NS(=O)N5C[C@@H](C)O[C@@H](C)C5)cc4n2C3)CCC1C. The molecule has 8 rings (SSSR count). The van der Waals surface area contributed by atoms with E-state index in [9.17, 15) is 13.8 Å². The van der Waals surface area contributed by atoms with Crippen LogP contribution in [0.25, 0.3) is 22.2 Å². The zero-order valence-electron chi connectivity index (χ0n) is 30.4. The molecule has 1 aromatic heterocycles. The summed E-state index contributed by atoms with van der Waals surface area (Å²) in [5.74, 6) is 0.965. The van der Waals surface area contributed by atoms with Gasteiger partial charge in [0.05, 0.1) is 41.9 Å². The molecule has 3 heterocycles. The Bertz CT molecular complexity index is 1990. The zero-order chi connectivity index (χ0) is 35.6. The van der Waals surface area contributed by atoms with Crippen LogP contribution >= 0.6 is 0 Å². The van der Waals surface area contributed by atoms with Crippen LogP contribution < -0.4 is 9.46 Å². The quantitative estimate of drug-likeness (QED) is 0.304. The van der Waals surface area contributed by atoms with Gasteiger partial charge in [0.25, 0.3) is 11.8 Å². The third kappa shape index (κ3) is 5.99. The fourth-order valence-electron chi connectivity index (χ4n) is 9.49. The van der Waals surface area contributed by atoms with E-state index in [1.165, 1.54) is 24.8 Å². The summed E-state index contributed by atoms with van der Waals surface area (Å²) in [4.78, 5) is 37.7. The number of carbonyl (C=O) groups excluding carboxylic acids is 2. The number of aromatic nitrogens is 1. The first-order chi connectivity index (χ1) is 24.6. The van der Waals surface area contributed by atoms with Crippen LogP contribution in [0, 0.1) is 11.3 Å². The van der Waals surface area contributed by atoms with Gasteiger partial charge in [-0.2, -0.15) is 0 Å². The Labute approximate surface area is 302 Å². The molecule has 3 saturated carbocycles. The normalized spacial score (nSPS) is 30.1. The van der Waals surface area contributed by atoms with Gasteiger partial charge in [0.1, 0.15) is 5.75 Å². The van der Waals surface area contributed by atoms with Gasteiger partial charge in [-0.05, 0) is 93.3 Å². The molecule has 3 aliphatic carbocycles. The van der Waals surface area contributed by atoms with E-state index < -0.39 is 22.5 Å². The molecule has 0 bridgehead atoms. The molecule has 2 aliphatic heterocycles. The average molecular weight is 712 g/mol. The molecule has 11 heteroatoms. The number of aliphatic imine (C=N–C) groups is 2. The first kappa shape index (κ1) is 34.4. The molecule has 270 valence electrons. The van der Waals surface area contributed by atoms with Crippen LogP contribution in [0.1, 0.15) is 105 Å². The minimum atomic E-state index is -1.70. The molecular weight excluding hydrogens is 663 g/mol. The van der Waals surface area contributed by atoms with Crippen LogP contribution in [0.4, 0.5) is 0 Å². The highest BCUT2D eigenvalue weighted by atomic mass is 32.2. The molecule has 4 unspecified atom stereocenters. The molecule has 2 amide bonds. The van der Waals surface area contributed by atoms with Crippen LogP contribution in [-0.2, 0) is 27.2 Å². The van der Waals surface area contributed by atoms with Crippen molar-refractivity contribution in [3.05, 3.63) is 53.1 Å². The van der Waals surface area contributed by atoms with E-state index in [2.05, 4.69) is 39.4 Å². The number of amides is 2. The van der Waals surface area contributed by atoms with Gasteiger partial charge in [-0.25, -0.2) is 13.5 Å². The standard InChI is InChI=1S/C40H49N5O5S/c1-23-11-16-33(36(23)41-4)42-39(47)40-19-32(40)31-18-28(49-5)13-15-29(31)37-35(26-9-7-6-8-10-26)30-14-12-27(17-34(30)45(37)22-40)38(46)43-51(48)44-20-24(2)50-25(3)21-44/h12-15,17-18,23-26,32H,6-11,16,19-22H2,1-5H3,(H,43,46)/t23?,24-,25+,32?,40?,51?. The first-order valence-electron chi connectivity index (χ1n) is 18.7. The highest BCUT2D eigenvalue weighted by Gasteiger charge is 2.63. The van der Waals surface area contributed by atoms with Crippen LogP contribution in [0.3, 0.4) is 0 Å². The Morgan fingerprint density at radius 2 is 1.78 bits per heavy atom. The molecule has 2 aromatic carbocycles. The summed E-state index contributed by atoms with van der Waals surface area (Å²) >= 11 is -1.70. The number of nitrogens with one attached hydrogen (secondary N) is 1. The largest absolute Gasteiger partial charge is 0.497 e.